The number of amides is 2. The molecule has 0 aromatic heterocycles. The van der Waals surface area contributed by atoms with Crippen LogP contribution in [-0.2, 0) is 9.53 Å². The van der Waals surface area contributed by atoms with Crippen molar-refractivity contribution in [3.8, 4) is 23.0 Å². The van der Waals surface area contributed by atoms with Crippen molar-refractivity contribution >= 4 is 39.6 Å². The summed E-state index contributed by atoms with van der Waals surface area (Å²) >= 11 is 3.21. The van der Waals surface area contributed by atoms with Gasteiger partial charge in [0.1, 0.15) is 6.61 Å². The molecule has 0 saturated heterocycles. The molecule has 3 aromatic carbocycles. The standard InChI is InChI=1S/C26H19BrN2O5/c27-22-12-5-11-20(25(31)32)24(22)29-23(30)13-6-14-28-26(33)34-15-21-18-9-3-1-7-16(18)17-8-2-4-10-19(17)21/h1-5,7-12,21H,14-15H2,(H,28,33)(H,29,30)(H,31,32). The summed E-state index contributed by atoms with van der Waals surface area (Å²) in [6.07, 6.45) is -0.643. The van der Waals surface area contributed by atoms with Crippen LogP contribution in [0.2, 0.25) is 0 Å². The van der Waals surface area contributed by atoms with Gasteiger partial charge >= 0.3 is 12.1 Å². The Kier molecular flexibility index (Phi) is 6.95. The smallest absolute Gasteiger partial charge is 0.407 e. The number of benzene rings is 3. The van der Waals surface area contributed by atoms with E-state index in [2.05, 4.69) is 50.5 Å². The van der Waals surface area contributed by atoms with E-state index in [1.54, 1.807) is 12.1 Å². The number of rotatable bonds is 5. The number of para-hydroxylation sites is 1. The fraction of sp³-hybridized carbons (Fsp3) is 0.115. The van der Waals surface area contributed by atoms with E-state index in [0.717, 1.165) is 22.3 Å². The molecule has 1 aliphatic carbocycles. The fourth-order valence-corrected chi connectivity index (χ4v) is 4.33. The van der Waals surface area contributed by atoms with Gasteiger partial charge in [0.15, 0.2) is 0 Å². The summed E-state index contributed by atoms with van der Waals surface area (Å²) in [6.45, 7) is 0.0691. The van der Waals surface area contributed by atoms with Crippen LogP contribution in [0.15, 0.2) is 71.2 Å². The maximum absolute atomic E-state index is 12.2. The minimum absolute atomic E-state index is 0.0530. The molecule has 7 nitrogen and oxygen atoms in total. The Morgan fingerprint density at radius 1 is 0.941 bits per heavy atom. The second-order valence-electron chi connectivity index (χ2n) is 7.40. The average molecular weight is 519 g/mol. The molecule has 0 aliphatic heterocycles. The van der Waals surface area contributed by atoms with Crippen molar-refractivity contribution < 1.29 is 24.2 Å². The molecule has 2 amide bonds. The van der Waals surface area contributed by atoms with Crippen LogP contribution in [0.1, 0.15) is 27.4 Å². The van der Waals surface area contributed by atoms with E-state index in [-0.39, 0.29) is 30.3 Å². The van der Waals surface area contributed by atoms with Crippen molar-refractivity contribution in [2.75, 3.05) is 18.5 Å². The van der Waals surface area contributed by atoms with Gasteiger partial charge < -0.3 is 20.5 Å². The van der Waals surface area contributed by atoms with E-state index in [0.29, 0.717) is 4.47 Å². The molecule has 0 bridgehead atoms. The van der Waals surface area contributed by atoms with Gasteiger partial charge in [-0.05, 0) is 56.2 Å². The first-order chi connectivity index (χ1) is 16.5. The van der Waals surface area contributed by atoms with Crippen molar-refractivity contribution in [1.29, 1.82) is 0 Å². The number of halogens is 1. The largest absolute Gasteiger partial charge is 0.478 e. The average Bonchev–Trinajstić information content (AvgIpc) is 3.15. The Bertz CT molecular complexity index is 1300. The monoisotopic (exact) mass is 518 g/mol. The van der Waals surface area contributed by atoms with E-state index in [1.807, 2.05) is 36.4 Å². The van der Waals surface area contributed by atoms with Gasteiger partial charge in [0.25, 0.3) is 5.91 Å². The van der Waals surface area contributed by atoms with Crippen LogP contribution in [0.25, 0.3) is 11.1 Å². The highest BCUT2D eigenvalue weighted by Gasteiger charge is 2.28. The van der Waals surface area contributed by atoms with Crippen LogP contribution < -0.4 is 10.6 Å². The number of ether oxygens (including phenoxy) is 1. The maximum Gasteiger partial charge on any atom is 0.407 e. The topological polar surface area (TPSA) is 105 Å². The summed E-state index contributed by atoms with van der Waals surface area (Å²) in [7, 11) is 0. The molecule has 3 aromatic rings. The molecule has 0 heterocycles. The Balaban J connectivity index is 1.30. The SMILES string of the molecule is O=C(C#CCNC(=O)OCC1c2ccccc2-c2ccccc21)Nc1c(Br)cccc1C(=O)O. The quantitative estimate of drug-likeness (QED) is 0.427. The lowest BCUT2D eigenvalue weighted by Crippen LogP contribution is -2.26. The van der Waals surface area contributed by atoms with Crippen LogP contribution in [0, 0.1) is 11.8 Å². The molecule has 0 unspecified atom stereocenters. The zero-order valence-electron chi connectivity index (χ0n) is 17.8. The molecule has 0 radical (unpaired) electrons. The molecule has 8 heteroatoms. The molecule has 0 spiro atoms. The Morgan fingerprint density at radius 2 is 1.59 bits per heavy atom. The van der Waals surface area contributed by atoms with Crippen molar-refractivity contribution in [3.05, 3.63) is 87.9 Å². The summed E-state index contributed by atoms with van der Waals surface area (Å²) in [5, 5.41) is 14.2. The van der Waals surface area contributed by atoms with Crippen LogP contribution in [0.3, 0.4) is 0 Å². The molecule has 170 valence electrons. The number of aromatic carboxylic acids is 1. The van der Waals surface area contributed by atoms with Crippen LogP contribution >= 0.6 is 15.9 Å². The number of hydrogen-bond acceptors (Lipinski definition) is 4. The maximum atomic E-state index is 12.2. The minimum Gasteiger partial charge on any atom is -0.478 e. The van der Waals surface area contributed by atoms with Crippen LogP contribution in [-0.4, -0.2) is 36.2 Å². The molecule has 3 N–H and O–H groups in total. The third-order valence-corrected chi connectivity index (χ3v) is 6.01. The summed E-state index contributed by atoms with van der Waals surface area (Å²) < 4.78 is 5.83. The number of hydrogen-bond donors (Lipinski definition) is 3. The summed E-state index contributed by atoms with van der Waals surface area (Å²) in [5.41, 5.74) is 4.54. The van der Waals surface area contributed by atoms with Gasteiger partial charge in [0.2, 0.25) is 0 Å². The minimum atomic E-state index is -1.18. The lowest BCUT2D eigenvalue weighted by Gasteiger charge is -2.14. The Hall–Kier alpha value is -4.09. The first-order valence-corrected chi connectivity index (χ1v) is 11.2. The van der Waals surface area contributed by atoms with Crippen molar-refractivity contribution in [1.82, 2.24) is 5.32 Å². The number of carboxylic acid groups (broad SMARTS) is 1. The van der Waals surface area contributed by atoms with Crippen molar-refractivity contribution in [2.45, 2.75) is 5.92 Å². The number of fused-ring (bicyclic) bond motifs is 3. The van der Waals surface area contributed by atoms with Gasteiger partial charge in [-0.25, -0.2) is 9.59 Å². The first kappa shape index (κ1) is 23.1. The van der Waals surface area contributed by atoms with E-state index in [4.69, 9.17) is 4.74 Å². The van der Waals surface area contributed by atoms with Gasteiger partial charge in [0.05, 0.1) is 17.8 Å². The molecule has 1 aliphatic rings. The molecule has 0 saturated carbocycles. The van der Waals surface area contributed by atoms with Crippen LogP contribution in [0.5, 0.6) is 0 Å². The lowest BCUT2D eigenvalue weighted by atomic mass is 9.98. The predicted octanol–water partition coefficient (Wildman–Crippen LogP) is 4.63. The number of nitrogens with one attached hydrogen (secondary N) is 2. The number of carbonyl (C=O) groups is 3. The Morgan fingerprint density at radius 3 is 2.24 bits per heavy atom. The van der Waals surface area contributed by atoms with E-state index in [9.17, 15) is 19.5 Å². The summed E-state index contributed by atoms with van der Waals surface area (Å²) in [6, 6.07) is 20.6. The van der Waals surface area contributed by atoms with E-state index in [1.165, 1.54) is 6.07 Å². The molecular weight excluding hydrogens is 500 g/mol. The second kappa shape index (κ2) is 10.2. The number of alkyl carbamates (subject to hydrolysis) is 1. The second-order valence-corrected chi connectivity index (χ2v) is 8.26. The predicted molar refractivity (Wildman–Crippen MR) is 131 cm³/mol. The zero-order chi connectivity index (χ0) is 24.1. The number of anilines is 1. The molecule has 4 rings (SSSR count). The normalized spacial score (nSPS) is 11.4. The number of carbonyl (C=O) groups excluding carboxylic acids is 2. The number of carboxylic acids is 1. The zero-order valence-corrected chi connectivity index (χ0v) is 19.4. The summed E-state index contributed by atoms with van der Waals surface area (Å²) in [5.74, 6) is 2.91. The highest BCUT2D eigenvalue weighted by atomic mass is 79.9. The highest BCUT2D eigenvalue weighted by Crippen LogP contribution is 2.44. The van der Waals surface area contributed by atoms with Crippen molar-refractivity contribution in [3.63, 3.8) is 0 Å². The van der Waals surface area contributed by atoms with Gasteiger partial charge in [0, 0.05) is 10.4 Å². The molecule has 0 atom stereocenters. The third-order valence-electron chi connectivity index (χ3n) is 5.35. The summed E-state index contributed by atoms with van der Waals surface area (Å²) in [4.78, 5) is 35.5. The molecule has 0 fully saturated rings. The van der Waals surface area contributed by atoms with E-state index < -0.39 is 18.0 Å². The first-order valence-electron chi connectivity index (χ1n) is 10.4. The van der Waals surface area contributed by atoms with Gasteiger partial charge in [-0.3, -0.25) is 4.79 Å². The van der Waals surface area contributed by atoms with Crippen molar-refractivity contribution in [2.24, 2.45) is 0 Å². The van der Waals surface area contributed by atoms with Gasteiger partial charge in [-0.15, -0.1) is 0 Å². The molecule has 34 heavy (non-hydrogen) atoms. The third kappa shape index (κ3) is 4.95. The highest BCUT2D eigenvalue weighted by molar-refractivity contribution is 9.10. The van der Waals surface area contributed by atoms with Gasteiger partial charge in [-0.2, -0.15) is 0 Å². The Labute approximate surface area is 204 Å². The van der Waals surface area contributed by atoms with E-state index >= 15 is 0 Å². The molecular formula is C26H19BrN2O5. The van der Waals surface area contributed by atoms with Gasteiger partial charge in [-0.1, -0.05) is 60.5 Å². The van der Waals surface area contributed by atoms with Crippen LogP contribution in [0.4, 0.5) is 10.5 Å². The fourth-order valence-electron chi connectivity index (χ4n) is 3.86. The lowest BCUT2D eigenvalue weighted by molar-refractivity contribution is -0.111.